The number of hydrogen-bond donors (Lipinski definition) is 1. The van der Waals surface area contributed by atoms with Crippen LogP contribution >= 0.6 is 15.9 Å². The summed E-state index contributed by atoms with van der Waals surface area (Å²) in [7, 11) is 1.51. The van der Waals surface area contributed by atoms with Crippen LogP contribution in [-0.4, -0.2) is 19.2 Å². The molecule has 0 spiro atoms. The van der Waals surface area contributed by atoms with Crippen molar-refractivity contribution in [1.82, 2.24) is 5.43 Å². The fourth-order valence-corrected chi connectivity index (χ4v) is 2.72. The predicted molar refractivity (Wildman–Crippen MR) is 102 cm³/mol. The Morgan fingerprint density at radius 2 is 2.11 bits per heavy atom. The highest BCUT2D eigenvalue weighted by Crippen LogP contribution is 2.37. The molecule has 0 radical (unpaired) electrons. The van der Waals surface area contributed by atoms with Crippen LogP contribution in [0.1, 0.15) is 23.1 Å². The highest BCUT2D eigenvalue weighted by molar-refractivity contribution is 9.10. The van der Waals surface area contributed by atoms with Crippen LogP contribution in [0.2, 0.25) is 0 Å². The van der Waals surface area contributed by atoms with Crippen molar-refractivity contribution in [1.29, 1.82) is 10.5 Å². The Kier molecular flexibility index (Phi) is 7.36. The van der Waals surface area contributed by atoms with Gasteiger partial charge in [-0.05, 0) is 39.7 Å². The molecule has 0 saturated carbocycles. The van der Waals surface area contributed by atoms with Crippen molar-refractivity contribution in [2.24, 2.45) is 5.10 Å². The molecular formula is C19H15BrN4O3. The van der Waals surface area contributed by atoms with Gasteiger partial charge in [0, 0.05) is 5.56 Å². The highest BCUT2D eigenvalue weighted by atomic mass is 79.9. The number of carbonyl (C=O) groups is 1. The summed E-state index contributed by atoms with van der Waals surface area (Å²) in [5, 5.41) is 21.4. The Bertz CT molecular complexity index is 945. The third-order valence-corrected chi connectivity index (χ3v) is 3.99. The van der Waals surface area contributed by atoms with Gasteiger partial charge in [0.2, 0.25) is 0 Å². The van der Waals surface area contributed by atoms with Crippen molar-refractivity contribution < 1.29 is 14.3 Å². The van der Waals surface area contributed by atoms with Gasteiger partial charge < -0.3 is 9.47 Å². The molecule has 0 aliphatic carbocycles. The number of nitrogens with zero attached hydrogens (tertiary/aromatic N) is 3. The fourth-order valence-electron chi connectivity index (χ4n) is 2.15. The van der Waals surface area contributed by atoms with Gasteiger partial charge in [-0.15, -0.1) is 0 Å². The molecule has 8 heteroatoms. The Morgan fingerprint density at radius 3 is 2.81 bits per heavy atom. The minimum absolute atomic E-state index is 0.205. The first-order valence-corrected chi connectivity index (χ1v) is 8.55. The minimum atomic E-state index is -0.490. The zero-order chi connectivity index (χ0) is 19.6. The van der Waals surface area contributed by atoms with Crippen molar-refractivity contribution in [2.75, 3.05) is 7.11 Å². The number of nitriles is 2. The van der Waals surface area contributed by atoms with Gasteiger partial charge in [-0.3, -0.25) is 4.79 Å². The average Bonchev–Trinajstić information content (AvgIpc) is 2.67. The molecular weight excluding hydrogens is 412 g/mol. The molecule has 7 nitrogen and oxygen atoms in total. The van der Waals surface area contributed by atoms with Crippen molar-refractivity contribution in [3.05, 3.63) is 57.6 Å². The lowest BCUT2D eigenvalue weighted by molar-refractivity contribution is -0.120. The van der Waals surface area contributed by atoms with Crippen LogP contribution in [0.3, 0.4) is 0 Å². The number of ether oxygens (including phenoxy) is 2. The number of methoxy groups -OCH3 is 1. The molecule has 0 fully saturated rings. The summed E-state index contributed by atoms with van der Waals surface area (Å²) < 4.78 is 11.8. The average molecular weight is 427 g/mol. The zero-order valence-corrected chi connectivity index (χ0v) is 16.0. The molecule has 0 atom stereocenters. The number of rotatable bonds is 7. The molecule has 0 aliphatic heterocycles. The Labute approximate surface area is 164 Å². The first-order valence-electron chi connectivity index (χ1n) is 7.76. The first kappa shape index (κ1) is 20.0. The summed E-state index contributed by atoms with van der Waals surface area (Å²) in [6.07, 6.45) is 1.17. The van der Waals surface area contributed by atoms with E-state index >= 15 is 0 Å². The summed E-state index contributed by atoms with van der Waals surface area (Å²) >= 11 is 3.43. The molecule has 2 rings (SSSR count). The Morgan fingerprint density at radius 1 is 1.33 bits per heavy atom. The lowest BCUT2D eigenvalue weighted by Crippen LogP contribution is -2.16. The van der Waals surface area contributed by atoms with E-state index in [9.17, 15) is 4.79 Å². The maximum Gasteiger partial charge on any atom is 0.254 e. The SMILES string of the molecule is COc1cc(C=NNC(=O)CC#N)cc(Br)c1OCc1ccccc1C#N. The number of benzene rings is 2. The Balaban J connectivity index is 2.16. The van der Waals surface area contributed by atoms with Gasteiger partial charge in [0.25, 0.3) is 5.91 Å². The van der Waals surface area contributed by atoms with E-state index in [0.29, 0.717) is 27.1 Å². The maximum absolute atomic E-state index is 11.2. The van der Waals surface area contributed by atoms with Gasteiger partial charge in [0.05, 0.1) is 35.5 Å². The van der Waals surface area contributed by atoms with Crippen LogP contribution in [0.5, 0.6) is 11.5 Å². The molecule has 1 amide bonds. The van der Waals surface area contributed by atoms with Crippen molar-refractivity contribution >= 4 is 28.1 Å². The van der Waals surface area contributed by atoms with E-state index in [4.69, 9.17) is 20.0 Å². The van der Waals surface area contributed by atoms with Gasteiger partial charge in [0.1, 0.15) is 13.0 Å². The van der Waals surface area contributed by atoms with Crippen LogP contribution in [0, 0.1) is 22.7 Å². The summed E-state index contributed by atoms with van der Waals surface area (Å²) in [6.45, 7) is 0.205. The molecule has 0 saturated heterocycles. The van der Waals surface area contributed by atoms with E-state index in [-0.39, 0.29) is 13.0 Å². The molecule has 0 heterocycles. The zero-order valence-electron chi connectivity index (χ0n) is 14.4. The quantitative estimate of drug-likeness (QED) is 0.539. The van der Waals surface area contributed by atoms with Crippen molar-refractivity contribution in [3.63, 3.8) is 0 Å². The molecule has 0 unspecified atom stereocenters. The van der Waals surface area contributed by atoms with E-state index in [1.165, 1.54) is 13.3 Å². The normalized spacial score (nSPS) is 10.1. The van der Waals surface area contributed by atoms with Gasteiger partial charge in [-0.25, -0.2) is 5.43 Å². The predicted octanol–water partition coefficient (Wildman–Crippen LogP) is 3.27. The topological polar surface area (TPSA) is 108 Å². The summed E-state index contributed by atoms with van der Waals surface area (Å²) in [6, 6.07) is 14.5. The van der Waals surface area contributed by atoms with Gasteiger partial charge in [-0.1, -0.05) is 18.2 Å². The number of nitrogens with one attached hydrogen (secondary N) is 1. The second kappa shape index (κ2) is 9.95. The number of amides is 1. The summed E-state index contributed by atoms with van der Waals surface area (Å²) in [5.74, 6) is 0.454. The molecule has 1 N–H and O–H groups in total. The monoisotopic (exact) mass is 426 g/mol. The molecule has 0 aromatic heterocycles. The van der Waals surface area contributed by atoms with Crippen LogP contribution in [0.25, 0.3) is 0 Å². The van der Waals surface area contributed by atoms with Crippen molar-refractivity contribution in [3.8, 4) is 23.6 Å². The number of carbonyl (C=O) groups excluding carboxylic acids is 1. The second-order valence-electron chi connectivity index (χ2n) is 5.22. The van der Waals surface area contributed by atoms with Crippen LogP contribution < -0.4 is 14.9 Å². The standard InChI is InChI=1S/C19H15BrN4O3/c1-26-17-9-13(11-23-24-18(25)6-7-21)8-16(20)19(17)27-12-15-5-3-2-4-14(15)10-22/h2-5,8-9,11H,6,12H2,1H3,(H,24,25). The van der Waals surface area contributed by atoms with Crippen molar-refractivity contribution in [2.45, 2.75) is 13.0 Å². The third-order valence-electron chi connectivity index (χ3n) is 3.40. The van der Waals surface area contributed by atoms with Gasteiger partial charge in [0.15, 0.2) is 11.5 Å². The molecule has 0 aliphatic rings. The molecule has 27 heavy (non-hydrogen) atoms. The molecule has 2 aromatic rings. The first-order chi connectivity index (χ1) is 13.1. The van der Waals surface area contributed by atoms with Crippen LogP contribution in [0.15, 0.2) is 46.0 Å². The lowest BCUT2D eigenvalue weighted by Gasteiger charge is -2.14. The number of halogens is 1. The largest absolute Gasteiger partial charge is 0.493 e. The number of hydrogen-bond acceptors (Lipinski definition) is 6. The smallest absolute Gasteiger partial charge is 0.254 e. The fraction of sp³-hybridized carbons (Fsp3) is 0.158. The minimum Gasteiger partial charge on any atom is -0.493 e. The third kappa shape index (κ3) is 5.56. The van der Waals surface area contributed by atoms with Crippen LogP contribution in [0.4, 0.5) is 0 Å². The van der Waals surface area contributed by atoms with E-state index in [2.05, 4.69) is 32.5 Å². The molecule has 2 aromatic carbocycles. The number of hydrazone groups is 1. The van der Waals surface area contributed by atoms with E-state index in [1.54, 1.807) is 30.3 Å². The van der Waals surface area contributed by atoms with E-state index in [1.807, 2.05) is 12.1 Å². The Hall–Kier alpha value is -3.36. The highest BCUT2D eigenvalue weighted by Gasteiger charge is 2.12. The molecule has 136 valence electrons. The maximum atomic E-state index is 11.2. The van der Waals surface area contributed by atoms with E-state index < -0.39 is 5.91 Å². The lowest BCUT2D eigenvalue weighted by atomic mass is 10.1. The summed E-state index contributed by atoms with van der Waals surface area (Å²) in [4.78, 5) is 11.2. The van der Waals surface area contributed by atoms with Gasteiger partial charge in [-0.2, -0.15) is 15.6 Å². The van der Waals surface area contributed by atoms with E-state index in [0.717, 1.165) is 5.56 Å². The van der Waals surface area contributed by atoms with Crippen LogP contribution in [-0.2, 0) is 11.4 Å². The second-order valence-corrected chi connectivity index (χ2v) is 6.07. The molecule has 0 bridgehead atoms. The van der Waals surface area contributed by atoms with Gasteiger partial charge >= 0.3 is 0 Å². The summed E-state index contributed by atoms with van der Waals surface area (Å²) in [5.41, 5.74) is 4.22.